The Bertz CT molecular complexity index is 543. The number of ether oxygens (including phenoxy) is 2. The molecule has 0 atom stereocenters. The van der Waals surface area contributed by atoms with E-state index in [1.807, 2.05) is 0 Å². The number of likely N-dealkylation sites (N-methyl/N-ethyl adjacent to an activating group) is 2. The predicted molar refractivity (Wildman–Crippen MR) is 79.6 cm³/mol. The number of methoxy groups -OCH3 is 2. The first-order valence-corrected chi connectivity index (χ1v) is 6.29. The molecule has 0 bridgehead atoms. The van der Waals surface area contributed by atoms with Gasteiger partial charge in [0.2, 0.25) is 5.91 Å². The number of nitrogen functional groups attached to an aromatic ring is 1. The van der Waals surface area contributed by atoms with Gasteiger partial charge in [-0.2, -0.15) is 0 Å². The van der Waals surface area contributed by atoms with E-state index in [-0.39, 0.29) is 29.6 Å². The van der Waals surface area contributed by atoms with E-state index in [0.29, 0.717) is 11.5 Å². The van der Waals surface area contributed by atoms with Crippen LogP contribution in [0.3, 0.4) is 0 Å². The number of hydrogen-bond donors (Lipinski definition) is 1. The first kappa shape index (κ1) is 16.6. The van der Waals surface area contributed by atoms with E-state index in [4.69, 9.17) is 15.2 Å². The molecule has 0 aliphatic carbocycles. The summed E-state index contributed by atoms with van der Waals surface area (Å²) in [4.78, 5) is 26.7. The number of rotatable bonds is 5. The minimum absolute atomic E-state index is 0.0282. The molecule has 0 aliphatic heterocycles. The second-order valence-electron chi connectivity index (χ2n) is 4.74. The van der Waals surface area contributed by atoms with Crippen molar-refractivity contribution in [2.75, 3.05) is 47.6 Å². The fourth-order valence-electron chi connectivity index (χ4n) is 1.70. The molecule has 0 heterocycles. The second kappa shape index (κ2) is 6.83. The molecule has 7 heteroatoms. The van der Waals surface area contributed by atoms with Crippen LogP contribution in [0.1, 0.15) is 10.4 Å². The van der Waals surface area contributed by atoms with Crippen molar-refractivity contribution >= 4 is 17.5 Å². The second-order valence-corrected chi connectivity index (χ2v) is 4.74. The lowest BCUT2D eigenvalue weighted by atomic mass is 10.1. The topological polar surface area (TPSA) is 85.1 Å². The van der Waals surface area contributed by atoms with Gasteiger partial charge < -0.3 is 25.0 Å². The monoisotopic (exact) mass is 295 g/mol. The van der Waals surface area contributed by atoms with Gasteiger partial charge in [0.15, 0.2) is 11.5 Å². The summed E-state index contributed by atoms with van der Waals surface area (Å²) in [5.41, 5.74) is 6.40. The van der Waals surface area contributed by atoms with Crippen LogP contribution in [0.4, 0.5) is 5.69 Å². The van der Waals surface area contributed by atoms with Crippen LogP contribution in [0.25, 0.3) is 0 Å². The lowest BCUT2D eigenvalue weighted by molar-refractivity contribution is -0.129. The minimum atomic E-state index is -0.358. The van der Waals surface area contributed by atoms with E-state index in [2.05, 4.69) is 0 Å². The molecule has 2 amide bonds. The van der Waals surface area contributed by atoms with Crippen LogP contribution in [0.5, 0.6) is 11.5 Å². The zero-order valence-corrected chi connectivity index (χ0v) is 13.0. The van der Waals surface area contributed by atoms with Gasteiger partial charge in [-0.25, -0.2) is 0 Å². The summed E-state index contributed by atoms with van der Waals surface area (Å²) in [6.07, 6.45) is 0. The number of carbonyl (C=O) groups excluding carboxylic acids is 2. The maximum absolute atomic E-state index is 12.4. The number of nitrogens with two attached hydrogens (primary N) is 1. The molecule has 2 N–H and O–H groups in total. The number of carbonyl (C=O) groups is 2. The van der Waals surface area contributed by atoms with Crippen molar-refractivity contribution in [3.05, 3.63) is 17.7 Å². The first-order valence-electron chi connectivity index (χ1n) is 6.29. The Morgan fingerprint density at radius 2 is 1.62 bits per heavy atom. The molecule has 0 fully saturated rings. The van der Waals surface area contributed by atoms with Gasteiger partial charge in [0.25, 0.3) is 5.91 Å². The Balaban J connectivity index is 3.04. The molecule has 7 nitrogen and oxygen atoms in total. The third-order valence-corrected chi connectivity index (χ3v) is 3.00. The Kier molecular flexibility index (Phi) is 5.40. The average Bonchev–Trinajstić information content (AvgIpc) is 2.45. The quantitative estimate of drug-likeness (QED) is 0.797. The van der Waals surface area contributed by atoms with E-state index in [1.54, 1.807) is 21.1 Å². The molecule has 0 aromatic heterocycles. The summed E-state index contributed by atoms with van der Waals surface area (Å²) < 4.78 is 10.3. The summed E-state index contributed by atoms with van der Waals surface area (Å²) in [5.74, 6) is 0.314. The standard InChI is InChI=1S/C14H21N3O4/c1-16(2)13(18)8-17(3)14(19)9-6-11(20-4)12(21-5)7-10(9)15/h6-7H,8,15H2,1-5H3. The molecule has 0 aliphatic rings. The Hall–Kier alpha value is -2.44. The number of benzene rings is 1. The number of amides is 2. The van der Waals surface area contributed by atoms with E-state index in [0.717, 1.165) is 0 Å². The molecule has 1 aromatic carbocycles. The van der Waals surface area contributed by atoms with Crippen LogP contribution in [0.15, 0.2) is 12.1 Å². The molecule has 0 saturated heterocycles. The van der Waals surface area contributed by atoms with E-state index >= 15 is 0 Å². The third kappa shape index (κ3) is 3.77. The van der Waals surface area contributed by atoms with Crippen LogP contribution in [0, 0.1) is 0 Å². The lowest BCUT2D eigenvalue weighted by Gasteiger charge is -2.20. The largest absolute Gasteiger partial charge is 0.493 e. The number of nitrogens with zero attached hydrogens (tertiary/aromatic N) is 2. The van der Waals surface area contributed by atoms with Crippen molar-refractivity contribution in [1.29, 1.82) is 0 Å². The smallest absolute Gasteiger partial charge is 0.256 e. The molecular formula is C14H21N3O4. The van der Waals surface area contributed by atoms with Crippen molar-refractivity contribution < 1.29 is 19.1 Å². The Morgan fingerprint density at radius 3 is 2.10 bits per heavy atom. The van der Waals surface area contributed by atoms with Crippen LogP contribution >= 0.6 is 0 Å². The van der Waals surface area contributed by atoms with E-state index in [1.165, 1.54) is 36.2 Å². The van der Waals surface area contributed by atoms with Crippen molar-refractivity contribution in [2.24, 2.45) is 0 Å². The molecule has 1 aromatic rings. The molecule has 0 saturated carbocycles. The Labute approximate surface area is 124 Å². The van der Waals surface area contributed by atoms with Crippen molar-refractivity contribution in [3.63, 3.8) is 0 Å². The molecule has 21 heavy (non-hydrogen) atoms. The minimum Gasteiger partial charge on any atom is -0.493 e. The van der Waals surface area contributed by atoms with Crippen LogP contribution in [-0.2, 0) is 4.79 Å². The number of anilines is 1. The SMILES string of the molecule is COc1cc(N)c(C(=O)N(C)CC(=O)N(C)C)cc1OC. The van der Waals surface area contributed by atoms with E-state index < -0.39 is 0 Å². The predicted octanol–water partition coefficient (Wildman–Crippen LogP) is 0.446. The zero-order valence-electron chi connectivity index (χ0n) is 13.0. The van der Waals surface area contributed by atoms with Crippen molar-refractivity contribution in [3.8, 4) is 11.5 Å². The summed E-state index contributed by atoms with van der Waals surface area (Å²) in [6.45, 7) is -0.0282. The normalized spacial score (nSPS) is 9.95. The van der Waals surface area contributed by atoms with Gasteiger partial charge in [0.05, 0.1) is 26.3 Å². The fourth-order valence-corrected chi connectivity index (χ4v) is 1.70. The highest BCUT2D eigenvalue weighted by atomic mass is 16.5. The Morgan fingerprint density at radius 1 is 1.10 bits per heavy atom. The molecule has 0 spiro atoms. The molecule has 1 rings (SSSR count). The summed E-state index contributed by atoms with van der Waals surface area (Å²) >= 11 is 0. The van der Waals surface area contributed by atoms with Gasteiger partial charge in [-0.1, -0.05) is 0 Å². The van der Waals surface area contributed by atoms with Gasteiger partial charge in [-0.15, -0.1) is 0 Å². The maximum atomic E-state index is 12.4. The van der Waals surface area contributed by atoms with Crippen LogP contribution < -0.4 is 15.2 Å². The van der Waals surface area contributed by atoms with E-state index in [9.17, 15) is 9.59 Å². The molecule has 0 radical (unpaired) electrons. The van der Waals surface area contributed by atoms with Crippen LogP contribution in [-0.4, -0.2) is 63.5 Å². The van der Waals surface area contributed by atoms with Crippen molar-refractivity contribution in [1.82, 2.24) is 9.80 Å². The zero-order chi connectivity index (χ0) is 16.2. The third-order valence-electron chi connectivity index (χ3n) is 3.00. The molecule has 116 valence electrons. The highest BCUT2D eigenvalue weighted by Crippen LogP contribution is 2.32. The molecule has 0 unspecified atom stereocenters. The summed E-state index contributed by atoms with van der Waals surface area (Å²) in [7, 11) is 7.76. The summed E-state index contributed by atoms with van der Waals surface area (Å²) in [5, 5.41) is 0. The van der Waals surface area contributed by atoms with Gasteiger partial charge in [0, 0.05) is 32.9 Å². The molecular weight excluding hydrogens is 274 g/mol. The fraction of sp³-hybridized carbons (Fsp3) is 0.429. The van der Waals surface area contributed by atoms with Gasteiger partial charge in [-0.05, 0) is 6.07 Å². The highest BCUT2D eigenvalue weighted by Gasteiger charge is 2.20. The average molecular weight is 295 g/mol. The highest BCUT2D eigenvalue weighted by molar-refractivity contribution is 6.01. The summed E-state index contributed by atoms with van der Waals surface area (Å²) in [6, 6.07) is 3.03. The number of hydrogen-bond acceptors (Lipinski definition) is 5. The van der Waals surface area contributed by atoms with Crippen molar-refractivity contribution in [2.45, 2.75) is 0 Å². The first-order chi connectivity index (χ1) is 9.81. The van der Waals surface area contributed by atoms with Gasteiger partial charge in [-0.3, -0.25) is 9.59 Å². The van der Waals surface area contributed by atoms with Gasteiger partial charge in [0.1, 0.15) is 0 Å². The van der Waals surface area contributed by atoms with Crippen LogP contribution in [0.2, 0.25) is 0 Å². The maximum Gasteiger partial charge on any atom is 0.256 e. The lowest BCUT2D eigenvalue weighted by Crippen LogP contribution is -2.38. The van der Waals surface area contributed by atoms with Gasteiger partial charge >= 0.3 is 0 Å².